The van der Waals surface area contributed by atoms with Crippen LogP contribution in [0.1, 0.15) is 37.2 Å². The summed E-state index contributed by atoms with van der Waals surface area (Å²) in [5, 5.41) is 3.65. The van der Waals surface area contributed by atoms with E-state index in [-0.39, 0.29) is 10.8 Å². The monoisotopic (exact) mass is 303 g/mol. The third-order valence-electron chi connectivity index (χ3n) is 4.29. The van der Waals surface area contributed by atoms with Gasteiger partial charge in [0.05, 0.1) is 5.02 Å². The first kappa shape index (κ1) is 14.4. The Morgan fingerprint density at radius 3 is 2.33 bits per heavy atom. The highest BCUT2D eigenvalue weighted by atomic mass is 35.5. The average molecular weight is 304 g/mol. The quantitative estimate of drug-likeness (QED) is 0.776. The molecule has 0 heterocycles. The number of nitrogens with one attached hydrogen (secondary N) is 1. The fourth-order valence-electron chi connectivity index (χ4n) is 3.12. The lowest BCUT2D eigenvalue weighted by Crippen LogP contribution is -2.25. The van der Waals surface area contributed by atoms with Crippen LogP contribution in [-0.2, 0) is 0 Å². The molecule has 1 N–H and O–H groups in total. The molecule has 0 atom stereocenters. The number of anilines is 1. The van der Waals surface area contributed by atoms with Gasteiger partial charge >= 0.3 is 0 Å². The molecule has 3 rings (SSSR count). The number of rotatable bonds is 3. The van der Waals surface area contributed by atoms with E-state index in [4.69, 9.17) is 11.6 Å². The lowest BCUT2D eigenvalue weighted by atomic mass is 9.82. The molecule has 0 aromatic heterocycles. The maximum absolute atomic E-state index is 13.2. The molecule has 0 unspecified atom stereocenters. The SMILES string of the molecule is Fc1ccc(NC2CCC(c3ccccc3)CC2)cc1Cl. The van der Waals surface area contributed by atoms with Gasteiger partial charge in [-0.05, 0) is 55.4 Å². The van der Waals surface area contributed by atoms with Crippen molar-refractivity contribution in [3.05, 3.63) is 64.9 Å². The maximum Gasteiger partial charge on any atom is 0.141 e. The molecule has 0 saturated heterocycles. The van der Waals surface area contributed by atoms with Crippen LogP contribution in [0.5, 0.6) is 0 Å². The van der Waals surface area contributed by atoms with Crippen molar-refractivity contribution in [2.45, 2.75) is 37.6 Å². The fourth-order valence-corrected chi connectivity index (χ4v) is 3.30. The molecular weight excluding hydrogens is 285 g/mol. The van der Waals surface area contributed by atoms with E-state index in [1.54, 1.807) is 12.1 Å². The van der Waals surface area contributed by atoms with Crippen LogP contribution in [0.15, 0.2) is 48.5 Å². The number of halogens is 2. The molecule has 2 aromatic rings. The van der Waals surface area contributed by atoms with Crippen LogP contribution < -0.4 is 5.32 Å². The first-order chi connectivity index (χ1) is 10.2. The van der Waals surface area contributed by atoms with Gasteiger partial charge in [0.1, 0.15) is 5.82 Å². The van der Waals surface area contributed by atoms with Gasteiger partial charge in [0.15, 0.2) is 0 Å². The smallest absolute Gasteiger partial charge is 0.141 e. The van der Waals surface area contributed by atoms with Crippen molar-refractivity contribution in [3.63, 3.8) is 0 Å². The van der Waals surface area contributed by atoms with Gasteiger partial charge in [-0.3, -0.25) is 0 Å². The van der Waals surface area contributed by atoms with E-state index >= 15 is 0 Å². The molecule has 3 heteroatoms. The van der Waals surface area contributed by atoms with Gasteiger partial charge in [0, 0.05) is 11.7 Å². The molecule has 1 fully saturated rings. The van der Waals surface area contributed by atoms with Gasteiger partial charge in [-0.15, -0.1) is 0 Å². The maximum atomic E-state index is 13.2. The lowest BCUT2D eigenvalue weighted by molar-refractivity contribution is 0.412. The summed E-state index contributed by atoms with van der Waals surface area (Å²) in [7, 11) is 0. The standard InChI is InChI=1S/C18H19ClFN/c19-17-12-16(10-11-18(17)20)21-15-8-6-14(7-9-15)13-4-2-1-3-5-13/h1-5,10-12,14-15,21H,6-9H2. The molecule has 0 spiro atoms. The van der Waals surface area contributed by atoms with Crippen molar-refractivity contribution in [3.8, 4) is 0 Å². The minimum atomic E-state index is -0.366. The van der Waals surface area contributed by atoms with E-state index in [2.05, 4.69) is 35.6 Å². The number of hydrogen-bond donors (Lipinski definition) is 1. The summed E-state index contributed by atoms with van der Waals surface area (Å²) in [6.45, 7) is 0. The summed E-state index contributed by atoms with van der Waals surface area (Å²) in [5.41, 5.74) is 2.35. The van der Waals surface area contributed by atoms with Crippen molar-refractivity contribution in [1.29, 1.82) is 0 Å². The number of hydrogen-bond acceptors (Lipinski definition) is 1. The normalized spacial score (nSPS) is 22.0. The van der Waals surface area contributed by atoms with E-state index in [1.807, 2.05) is 0 Å². The zero-order chi connectivity index (χ0) is 14.7. The van der Waals surface area contributed by atoms with Crippen LogP contribution in [0, 0.1) is 5.82 Å². The summed E-state index contributed by atoms with van der Waals surface area (Å²) < 4.78 is 13.2. The van der Waals surface area contributed by atoms with Gasteiger partial charge in [-0.2, -0.15) is 0 Å². The molecule has 1 saturated carbocycles. The summed E-state index contributed by atoms with van der Waals surface area (Å²) in [5.74, 6) is 0.302. The molecule has 1 aliphatic rings. The fraction of sp³-hybridized carbons (Fsp3) is 0.333. The second-order valence-corrected chi connectivity index (χ2v) is 6.14. The molecule has 21 heavy (non-hydrogen) atoms. The van der Waals surface area contributed by atoms with Gasteiger partial charge in [-0.25, -0.2) is 4.39 Å². The van der Waals surface area contributed by atoms with Gasteiger partial charge in [-0.1, -0.05) is 41.9 Å². The van der Waals surface area contributed by atoms with Crippen LogP contribution in [-0.4, -0.2) is 6.04 Å². The van der Waals surface area contributed by atoms with E-state index in [1.165, 1.54) is 24.5 Å². The summed E-state index contributed by atoms with van der Waals surface area (Å²) >= 11 is 5.82. The van der Waals surface area contributed by atoms with Crippen molar-refractivity contribution < 1.29 is 4.39 Å². The van der Waals surface area contributed by atoms with Crippen molar-refractivity contribution in [2.75, 3.05) is 5.32 Å². The summed E-state index contributed by atoms with van der Waals surface area (Å²) in [6.07, 6.45) is 4.65. The van der Waals surface area contributed by atoms with Gasteiger partial charge in [0.2, 0.25) is 0 Å². The molecule has 0 radical (unpaired) electrons. The Balaban J connectivity index is 1.57. The molecule has 0 aliphatic heterocycles. The molecule has 1 nitrogen and oxygen atoms in total. The van der Waals surface area contributed by atoms with Gasteiger partial charge < -0.3 is 5.32 Å². The second kappa shape index (κ2) is 6.48. The number of benzene rings is 2. The third-order valence-corrected chi connectivity index (χ3v) is 4.58. The van der Waals surface area contributed by atoms with Crippen molar-refractivity contribution >= 4 is 17.3 Å². The van der Waals surface area contributed by atoms with E-state index < -0.39 is 0 Å². The molecule has 1 aliphatic carbocycles. The van der Waals surface area contributed by atoms with Crippen LogP contribution in [0.2, 0.25) is 5.02 Å². The molecule has 110 valence electrons. The zero-order valence-electron chi connectivity index (χ0n) is 11.9. The molecule has 2 aromatic carbocycles. The Labute approximate surface area is 130 Å². The Hall–Kier alpha value is -1.54. The topological polar surface area (TPSA) is 12.0 Å². The second-order valence-electron chi connectivity index (χ2n) is 5.73. The minimum Gasteiger partial charge on any atom is -0.382 e. The van der Waals surface area contributed by atoms with Crippen LogP contribution >= 0.6 is 11.6 Å². The highest BCUT2D eigenvalue weighted by Crippen LogP contribution is 2.34. The zero-order valence-corrected chi connectivity index (χ0v) is 12.6. The summed E-state index contributed by atoms with van der Waals surface area (Å²) in [4.78, 5) is 0. The summed E-state index contributed by atoms with van der Waals surface area (Å²) in [6, 6.07) is 16.0. The third kappa shape index (κ3) is 3.56. The first-order valence-electron chi connectivity index (χ1n) is 7.49. The minimum absolute atomic E-state index is 0.179. The molecular formula is C18H19ClFN. The van der Waals surface area contributed by atoms with Crippen LogP contribution in [0.4, 0.5) is 10.1 Å². The Kier molecular flexibility index (Phi) is 4.45. The highest BCUT2D eigenvalue weighted by Gasteiger charge is 2.22. The predicted molar refractivity (Wildman–Crippen MR) is 86.5 cm³/mol. The highest BCUT2D eigenvalue weighted by molar-refractivity contribution is 6.31. The largest absolute Gasteiger partial charge is 0.382 e. The average Bonchev–Trinajstić information content (AvgIpc) is 2.53. The first-order valence-corrected chi connectivity index (χ1v) is 7.86. The van der Waals surface area contributed by atoms with Crippen LogP contribution in [0.25, 0.3) is 0 Å². The van der Waals surface area contributed by atoms with Crippen LogP contribution in [0.3, 0.4) is 0 Å². The predicted octanol–water partition coefficient (Wildman–Crippen LogP) is 5.62. The van der Waals surface area contributed by atoms with Crippen molar-refractivity contribution in [1.82, 2.24) is 0 Å². The van der Waals surface area contributed by atoms with E-state index in [0.29, 0.717) is 12.0 Å². The lowest BCUT2D eigenvalue weighted by Gasteiger charge is -2.30. The van der Waals surface area contributed by atoms with Crippen molar-refractivity contribution in [2.24, 2.45) is 0 Å². The van der Waals surface area contributed by atoms with E-state index in [9.17, 15) is 4.39 Å². The van der Waals surface area contributed by atoms with E-state index in [0.717, 1.165) is 18.5 Å². The van der Waals surface area contributed by atoms with Gasteiger partial charge in [0.25, 0.3) is 0 Å². The molecule has 0 bridgehead atoms. The Morgan fingerprint density at radius 2 is 1.67 bits per heavy atom. The molecule has 0 amide bonds. The Bertz CT molecular complexity index is 591. The Morgan fingerprint density at radius 1 is 0.952 bits per heavy atom.